The van der Waals surface area contributed by atoms with Crippen LogP contribution in [0.25, 0.3) is 0 Å². The van der Waals surface area contributed by atoms with Gasteiger partial charge in [-0.2, -0.15) is 0 Å². The van der Waals surface area contributed by atoms with Crippen LogP contribution < -0.4 is 5.32 Å². The summed E-state index contributed by atoms with van der Waals surface area (Å²) in [5.41, 5.74) is -0.347. The summed E-state index contributed by atoms with van der Waals surface area (Å²) in [4.78, 5) is 0. The van der Waals surface area contributed by atoms with Gasteiger partial charge in [0.15, 0.2) is 0 Å². The second-order valence-electron chi connectivity index (χ2n) is 6.79. The highest BCUT2D eigenvalue weighted by Gasteiger charge is 2.56. The smallest absolute Gasteiger partial charge is 0.0765 e. The fraction of sp³-hybridized carbons (Fsp3) is 1.00. The molecule has 0 saturated heterocycles. The van der Waals surface area contributed by atoms with Crippen LogP contribution in [0.5, 0.6) is 0 Å². The normalized spacial score (nSPS) is 31.2. The van der Waals surface area contributed by atoms with E-state index in [9.17, 15) is 5.11 Å². The molecule has 2 saturated carbocycles. The molecule has 0 bridgehead atoms. The lowest BCUT2D eigenvalue weighted by Gasteiger charge is -2.54. The molecule has 2 aliphatic carbocycles. The Bertz CT molecular complexity index is 300. The van der Waals surface area contributed by atoms with Crippen LogP contribution in [0.3, 0.4) is 0 Å². The van der Waals surface area contributed by atoms with Crippen LogP contribution in [0.15, 0.2) is 0 Å². The molecule has 2 rings (SSSR count). The molecule has 0 aromatic carbocycles. The molecule has 1 spiro atoms. The highest BCUT2D eigenvalue weighted by atomic mass is 16.5. The van der Waals surface area contributed by atoms with E-state index in [1.54, 1.807) is 7.11 Å². The van der Waals surface area contributed by atoms with Crippen molar-refractivity contribution in [2.75, 3.05) is 26.9 Å². The fourth-order valence-corrected chi connectivity index (χ4v) is 3.93. The Morgan fingerprint density at radius 3 is 2.65 bits per heavy atom. The quantitative estimate of drug-likeness (QED) is 0.717. The van der Waals surface area contributed by atoms with Gasteiger partial charge in [-0.15, -0.1) is 0 Å². The van der Waals surface area contributed by atoms with E-state index in [-0.39, 0.29) is 0 Å². The number of hydrogen-bond donors (Lipinski definition) is 2. The first-order valence-corrected chi connectivity index (χ1v) is 8.10. The first kappa shape index (κ1) is 16.2. The Labute approximate surface area is 123 Å². The van der Waals surface area contributed by atoms with Crippen molar-refractivity contribution in [3.63, 3.8) is 0 Å². The van der Waals surface area contributed by atoms with Crippen molar-refractivity contribution in [2.45, 2.75) is 70.1 Å². The first-order valence-electron chi connectivity index (χ1n) is 8.10. The maximum Gasteiger partial charge on any atom is 0.0765 e. The van der Waals surface area contributed by atoms with Crippen LogP contribution in [-0.2, 0) is 9.47 Å². The third kappa shape index (κ3) is 3.35. The molecule has 0 aromatic heterocycles. The molecule has 4 nitrogen and oxygen atoms in total. The fourth-order valence-electron chi connectivity index (χ4n) is 3.93. The molecule has 2 fully saturated rings. The molecule has 3 atom stereocenters. The molecular formula is C16H31NO3. The van der Waals surface area contributed by atoms with Gasteiger partial charge in [-0.05, 0) is 33.1 Å². The van der Waals surface area contributed by atoms with Gasteiger partial charge in [-0.1, -0.05) is 12.8 Å². The van der Waals surface area contributed by atoms with E-state index in [0.717, 1.165) is 13.0 Å². The highest BCUT2D eigenvalue weighted by molar-refractivity contribution is 5.10. The molecule has 0 heterocycles. The van der Waals surface area contributed by atoms with Gasteiger partial charge < -0.3 is 19.9 Å². The number of ether oxygens (including phenoxy) is 2. The second-order valence-corrected chi connectivity index (χ2v) is 6.79. The van der Waals surface area contributed by atoms with Crippen LogP contribution in [0, 0.1) is 5.41 Å². The third-order valence-electron chi connectivity index (χ3n) is 5.26. The van der Waals surface area contributed by atoms with Gasteiger partial charge >= 0.3 is 0 Å². The Morgan fingerprint density at radius 2 is 2.05 bits per heavy atom. The number of aliphatic hydroxyl groups is 1. The van der Waals surface area contributed by atoms with Crippen LogP contribution in [-0.4, -0.2) is 49.7 Å². The Hall–Kier alpha value is -0.160. The molecule has 4 heteroatoms. The van der Waals surface area contributed by atoms with E-state index >= 15 is 0 Å². The van der Waals surface area contributed by atoms with Gasteiger partial charge in [0.05, 0.1) is 11.7 Å². The van der Waals surface area contributed by atoms with Crippen molar-refractivity contribution in [3.8, 4) is 0 Å². The maximum atomic E-state index is 10.3. The molecule has 3 unspecified atom stereocenters. The van der Waals surface area contributed by atoms with Gasteiger partial charge in [0.25, 0.3) is 0 Å². The molecule has 20 heavy (non-hydrogen) atoms. The average Bonchev–Trinajstić information content (AvgIpc) is 2.92. The van der Waals surface area contributed by atoms with Crippen molar-refractivity contribution in [1.82, 2.24) is 5.32 Å². The number of nitrogens with one attached hydrogen (secondary N) is 1. The molecule has 118 valence electrons. The lowest BCUT2D eigenvalue weighted by molar-refractivity contribution is -0.134. The zero-order valence-electron chi connectivity index (χ0n) is 13.3. The first-order chi connectivity index (χ1) is 9.54. The molecule has 0 amide bonds. The van der Waals surface area contributed by atoms with Crippen molar-refractivity contribution in [3.05, 3.63) is 0 Å². The summed E-state index contributed by atoms with van der Waals surface area (Å²) in [5, 5.41) is 13.9. The summed E-state index contributed by atoms with van der Waals surface area (Å²) in [6.45, 7) is 6.02. The van der Waals surface area contributed by atoms with E-state index in [2.05, 4.69) is 12.2 Å². The predicted octanol–water partition coefficient (Wildman–Crippen LogP) is 2.10. The van der Waals surface area contributed by atoms with Crippen LogP contribution in [0.4, 0.5) is 0 Å². The minimum atomic E-state index is -0.688. The van der Waals surface area contributed by atoms with E-state index in [0.29, 0.717) is 37.1 Å². The van der Waals surface area contributed by atoms with Gasteiger partial charge in [0.1, 0.15) is 0 Å². The molecule has 2 N–H and O–H groups in total. The zero-order valence-corrected chi connectivity index (χ0v) is 13.3. The second kappa shape index (κ2) is 6.73. The van der Waals surface area contributed by atoms with Crippen molar-refractivity contribution in [1.29, 1.82) is 0 Å². The minimum absolute atomic E-state index is 0.341. The van der Waals surface area contributed by atoms with E-state index < -0.39 is 5.60 Å². The summed E-state index contributed by atoms with van der Waals surface area (Å²) >= 11 is 0. The molecule has 0 radical (unpaired) electrons. The van der Waals surface area contributed by atoms with Crippen LogP contribution in [0.2, 0.25) is 0 Å². The molecular weight excluding hydrogens is 254 g/mol. The van der Waals surface area contributed by atoms with Gasteiger partial charge in [-0.3, -0.25) is 0 Å². The summed E-state index contributed by atoms with van der Waals surface area (Å²) in [7, 11) is 1.68. The number of hydrogen-bond acceptors (Lipinski definition) is 4. The summed E-state index contributed by atoms with van der Waals surface area (Å²) in [6.07, 6.45) is 7.38. The van der Waals surface area contributed by atoms with E-state index in [1.807, 2.05) is 6.92 Å². The lowest BCUT2D eigenvalue weighted by atomic mass is 9.60. The topological polar surface area (TPSA) is 50.7 Å². The highest BCUT2D eigenvalue weighted by Crippen LogP contribution is 2.54. The molecule has 0 aromatic rings. The van der Waals surface area contributed by atoms with Gasteiger partial charge in [-0.25, -0.2) is 0 Å². The van der Waals surface area contributed by atoms with Gasteiger partial charge in [0.2, 0.25) is 0 Å². The maximum absolute atomic E-state index is 10.3. The van der Waals surface area contributed by atoms with Crippen molar-refractivity contribution >= 4 is 0 Å². The van der Waals surface area contributed by atoms with Crippen LogP contribution in [0.1, 0.15) is 52.4 Å². The molecule has 0 aliphatic heterocycles. The van der Waals surface area contributed by atoms with Crippen LogP contribution >= 0.6 is 0 Å². The van der Waals surface area contributed by atoms with Gasteiger partial charge in [0, 0.05) is 44.7 Å². The average molecular weight is 285 g/mol. The Balaban J connectivity index is 1.84. The summed E-state index contributed by atoms with van der Waals surface area (Å²) < 4.78 is 11.0. The largest absolute Gasteiger partial charge is 0.389 e. The standard InChI is InChI=1S/C16H31NO3/c1-4-20-14-11-13(16(14)7-5-6-8-16)17-12-15(2,18)9-10-19-3/h13-14,17-18H,4-12H2,1-3H3. The number of rotatable bonds is 8. The Kier molecular flexibility index (Phi) is 5.46. The zero-order chi connectivity index (χ0) is 14.6. The molecule has 2 aliphatic rings. The lowest BCUT2D eigenvalue weighted by Crippen LogP contribution is -2.64. The predicted molar refractivity (Wildman–Crippen MR) is 79.8 cm³/mol. The monoisotopic (exact) mass is 285 g/mol. The Morgan fingerprint density at radius 1 is 1.35 bits per heavy atom. The number of methoxy groups -OCH3 is 1. The summed E-state index contributed by atoms with van der Waals surface area (Å²) in [5.74, 6) is 0. The minimum Gasteiger partial charge on any atom is -0.389 e. The van der Waals surface area contributed by atoms with E-state index in [1.165, 1.54) is 25.7 Å². The van der Waals surface area contributed by atoms with E-state index in [4.69, 9.17) is 9.47 Å². The van der Waals surface area contributed by atoms with Crippen molar-refractivity contribution < 1.29 is 14.6 Å². The van der Waals surface area contributed by atoms with Crippen molar-refractivity contribution in [2.24, 2.45) is 5.41 Å². The third-order valence-corrected chi connectivity index (χ3v) is 5.26. The SMILES string of the molecule is CCOC1CC(NCC(C)(O)CCOC)C12CCCC2. The summed E-state index contributed by atoms with van der Waals surface area (Å²) in [6, 6.07) is 0.510.